The molecule has 0 saturated heterocycles. The maximum Gasteiger partial charge on any atom is 0.0283 e. The van der Waals surface area contributed by atoms with E-state index in [9.17, 15) is 0 Å². The van der Waals surface area contributed by atoms with Gasteiger partial charge in [0.2, 0.25) is 0 Å². The molecule has 0 fully saturated rings. The Morgan fingerprint density at radius 2 is 2.00 bits per heavy atom. The monoisotopic (exact) mass is 374 g/mol. The highest BCUT2D eigenvalue weighted by Crippen LogP contribution is 2.25. The average Bonchev–Trinajstić information content (AvgIpc) is 2.28. The van der Waals surface area contributed by atoms with Crippen LogP contribution in [0, 0.1) is 3.57 Å². The van der Waals surface area contributed by atoms with E-state index < -0.39 is 0 Å². The lowest BCUT2D eigenvalue weighted by atomic mass is 10.0. The Morgan fingerprint density at radius 1 is 1.20 bits per heavy atom. The van der Waals surface area contributed by atoms with Crippen molar-refractivity contribution < 1.29 is 0 Å². The fraction of sp³-hybridized carbons (Fsp3) is 0.231. The molecule has 0 N–H and O–H groups in total. The largest absolute Gasteiger partial charge is 0.0876 e. The third-order valence-electron chi connectivity index (χ3n) is 2.65. The van der Waals surface area contributed by atoms with Gasteiger partial charge in [-0.2, -0.15) is 0 Å². The van der Waals surface area contributed by atoms with Crippen LogP contribution in [-0.2, 0) is 11.8 Å². The van der Waals surface area contributed by atoms with Gasteiger partial charge in [0.25, 0.3) is 0 Å². The first-order chi connectivity index (χ1) is 7.26. The Labute approximate surface area is 112 Å². The van der Waals surface area contributed by atoms with Crippen LogP contribution in [0.4, 0.5) is 0 Å². The summed E-state index contributed by atoms with van der Waals surface area (Å²) in [5.74, 6) is 0. The molecule has 15 heavy (non-hydrogen) atoms. The number of halogens is 2. The summed E-state index contributed by atoms with van der Waals surface area (Å²) in [5, 5.41) is 3.68. The molecule has 2 aromatic carbocycles. The van der Waals surface area contributed by atoms with Crippen molar-refractivity contribution in [2.24, 2.45) is 0 Å². The first kappa shape index (κ1) is 11.4. The van der Waals surface area contributed by atoms with E-state index in [0.717, 1.165) is 11.8 Å². The minimum absolute atomic E-state index is 0.927. The second-order valence-electron chi connectivity index (χ2n) is 3.57. The fourth-order valence-electron chi connectivity index (χ4n) is 1.86. The summed E-state index contributed by atoms with van der Waals surface area (Å²) in [6, 6.07) is 11.1. The molecule has 0 aliphatic carbocycles. The summed E-state index contributed by atoms with van der Waals surface area (Å²) >= 11 is 5.91. The summed E-state index contributed by atoms with van der Waals surface area (Å²) in [7, 11) is 0. The zero-order chi connectivity index (χ0) is 10.8. The molecular weight excluding hydrogens is 363 g/mol. The van der Waals surface area contributed by atoms with Gasteiger partial charge in [0.15, 0.2) is 0 Å². The highest BCUT2D eigenvalue weighted by molar-refractivity contribution is 14.1. The molecule has 0 bridgehead atoms. The topological polar surface area (TPSA) is 0 Å². The molecule has 78 valence electrons. The molecule has 0 amide bonds. The van der Waals surface area contributed by atoms with E-state index in [4.69, 9.17) is 0 Å². The second-order valence-corrected chi connectivity index (χ2v) is 5.29. The molecule has 0 spiro atoms. The molecule has 0 aliphatic heterocycles. The standard InChI is InChI=1S/C13H12BrI/c1-2-11-12-5-3-9(8-14)7-10(12)4-6-13(11)15/h3-7H,2,8H2,1H3. The van der Waals surface area contributed by atoms with E-state index in [1.54, 1.807) is 0 Å². The Morgan fingerprint density at radius 3 is 2.67 bits per heavy atom. The van der Waals surface area contributed by atoms with Gasteiger partial charge >= 0.3 is 0 Å². The fourth-order valence-corrected chi connectivity index (χ4v) is 3.06. The van der Waals surface area contributed by atoms with Crippen molar-refractivity contribution in [1.29, 1.82) is 0 Å². The Balaban J connectivity index is 2.72. The number of aryl methyl sites for hydroxylation is 1. The molecule has 0 aliphatic rings. The normalized spacial score (nSPS) is 10.9. The number of hydrogen-bond donors (Lipinski definition) is 0. The first-order valence-electron chi connectivity index (χ1n) is 5.02. The van der Waals surface area contributed by atoms with E-state index in [2.05, 4.69) is 75.8 Å². The minimum atomic E-state index is 0.927. The van der Waals surface area contributed by atoms with Crippen LogP contribution in [0.5, 0.6) is 0 Å². The molecule has 0 radical (unpaired) electrons. The average molecular weight is 375 g/mol. The predicted molar refractivity (Wildman–Crippen MR) is 78.7 cm³/mol. The molecule has 0 nitrogen and oxygen atoms in total. The molecule has 0 atom stereocenters. The van der Waals surface area contributed by atoms with Gasteiger partial charge in [-0.05, 0) is 57.0 Å². The van der Waals surface area contributed by atoms with Gasteiger partial charge in [0, 0.05) is 8.90 Å². The van der Waals surface area contributed by atoms with Gasteiger partial charge in [-0.3, -0.25) is 0 Å². The maximum atomic E-state index is 3.49. The summed E-state index contributed by atoms with van der Waals surface area (Å²) in [5.41, 5.74) is 2.81. The Hall–Kier alpha value is -0.0900. The highest BCUT2D eigenvalue weighted by atomic mass is 127. The van der Waals surface area contributed by atoms with Crippen LogP contribution in [0.2, 0.25) is 0 Å². The van der Waals surface area contributed by atoms with Crippen LogP contribution in [0.15, 0.2) is 30.3 Å². The predicted octanol–water partition coefficient (Wildman–Crippen LogP) is 4.90. The van der Waals surface area contributed by atoms with Crippen LogP contribution >= 0.6 is 38.5 Å². The van der Waals surface area contributed by atoms with Crippen LogP contribution in [-0.4, -0.2) is 0 Å². The summed E-state index contributed by atoms with van der Waals surface area (Å²) in [4.78, 5) is 0. The number of rotatable bonds is 2. The van der Waals surface area contributed by atoms with Gasteiger partial charge in [0.05, 0.1) is 0 Å². The van der Waals surface area contributed by atoms with Crippen molar-refractivity contribution in [2.75, 3.05) is 0 Å². The Kier molecular flexibility index (Phi) is 3.67. The van der Waals surface area contributed by atoms with Crippen LogP contribution in [0.25, 0.3) is 10.8 Å². The molecule has 2 rings (SSSR count). The quantitative estimate of drug-likeness (QED) is 0.518. The van der Waals surface area contributed by atoms with Crippen molar-refractivity contribution in [3.63, 3.8) is 0 Å². The highest BCUT2D eigenvalue weighted by Gasteiger charge is 2.04. The van der Waals surface area contributed by atoms with E-state index in [-0.39, 0.29) is 0 Å². The van der Waals surface area contributed by atoms with Gasteiger partial charge < -0.3 is 0 Å². The van der Waals surface area contributed by atoms with E-state index >= 15 is 0 Å². The summed E-state index contributed by atoms with van der Waals surface area (Å²) in [6.07, 6.45) is 1.10. The van der Waals surface area contributed by atoms with Crippen molar-refractivity contribution >= 4 is 49.3 Å². The lowest BCUT2D eigenvalue weighted by Gasteiger charge is -2.08. The Bertz CT molecular complexity index is 491. The molecule has 2 heteroatoms. The van der Waals surface area contributed by atoms with E-state index in [0.29, 0.717) is 0 Å². The zero-order valence-corrected chi connectivity index (χ0v) is 12.3. The minimum Gasteiger partial charge on any atom is -0.0876 e. The first-order valence-corrected chi connectivity index (χ1v) is 7.22. The third kappa shape index (κ3) is 2.21. The van der Waals surface area contributed by atoms with Crippen LogP contribution < -0.4 is 0 Å². The van der Waals surface area contributed by atoms with E-state index in [1.165, 1.54) is 25.5 Å². The van der Waals surface area contributed by atoms with Crippen LogP contribution in [0.1, 0.15) is 18.1 Å². The number of fused-ring (bicyclic) bond motifs is 1. The third-order valence-corrected chi connectivity index (χ3v) is 4.30. The van der Waals surface area contributed by atoms with Gasteiger partial charge in [-0.25, -0.2) is 0 Å². The number of alkyl halides is 1. The smallest absolute Gasteiger partial charge is 0.0283 e. The summed E-state index contributed by atoms with van der Waals surface area (Å²) < 4.78 is 1.37. The molecule has 0 saturated carbocycles. The molecule has 2 aromatic rings. The summed E-state index contributed by atoms with van der Waals surface area (Å²) in [6.45, 7) is 2.22. The van der Waals surface area contributed by atoms with Gasteiger partial charge in [-0.1, -0.05) is 47.1 Å². The lowest BCUT2D eigenvalue weighted by Crippen LogP contribution is -1.89. The molecule has 0 unspecified atom stereocenters. The maximum absolute atomic E-state index is 3.49. The number of hydrogen-bond acceptors (Lipinski definition) is 0. The van der Waals surface area contributed by atoms with Crippen molar-refractivity contribution in [2.45, 2.75) is 18.7 Å². The van der Waals surface area contributed by atoms with Gasteiger partial charge in [-0.15, -0.1) is 0 Å². The zero-order valence-electron chi connectivity index (χ0n) is 8.56. The van der Waals surface area contributed by atoms with Gasteiger partial charge in [0.1, 0.15) is 0 Å². The SMILES string of the molecule is CCc1c(I)ccc2cc(CBr)ccc12. The van der Waals surface area contributed by atoms with Crippen molar-refractivity contribution in [1.82, 2.24) is 0 Å². The second kappa shape index (κ2) is 4.83. The van der Waals surface area contributed by atoms with E-state index in [1.807, 2.05) is 0 Å². The lowest BCUT2D eigenvalue weighted by molar-refractivity contribution is 1.15. The molecule has 0 aromatic heterocycles. The number of benzene rings is 2. The van der Waals surface area contributed by atoms with Crippen LogP contribution in [0.3, 0.4) is 0 Å². The van der Waals surface area contributed by atoms with Crippen molar-refractivity contribution in [3.8, 4) is 0 Å². The molecule has 0 heterocycles. The molecular formula is C13H12BrI. The van der Waals surface area contributed by atoms with Crippen molar-refractivity contribution in [3.05, 3.63) is 45.0 Å².